The molecule has 138 valence electrons. The number of hydrogen-bond acceptors (Lipinski definition) is 5. The first kappa shape index (κ1) is 20.9. The number of phenolic OH excluding ortho intramolecular Hbond substituents is 1. The van der Waals surface area contributed by atoms with Crippen molar-refractivity contribution in [3.05, 3.63) is 35.9 Å². The Balaban J connectivity index is 2.75. The summed E-state index contributed by atoms with van der Waals surface area (Å²) in [6.45, 7) is 5.14. The number of benzene rings is 1. The molecule has 0 fully saturated rings. The minimum atomic E-state index is -2.22. The van der Waals surface area contributed by atoms with E-state index in [-0.39, 0.29) is 36.5 Å². The molecule has 1 rings (SSSR count). The van der Waals surface area contributed by atoms with Crippen molar-refractivity contribution < 1.29 is 33.3 Å². The van der Waals surface area contributed by atoms with Crippen LogP contribution in [0.4, 0.5) is 0 Å². The Morgan fingerprint density at radius 3 is 2.60 bits per heavy atom. The normalized spacial score (nSPS) is 13.0. The average molecular weight is 370 g/mol. The molecule has 0 heterocycles. The Bertz CT molecular complexity index is 669. The number of ether oxygens (including phenoxy) is 1. The van der Waals surface area contributed by atoms with Crippen molar-refractivity contribution in [2.45, 2.75) is 37.9 Å². The SMILES string of the molecule is C=CCc1c(OCCCC(CC(=O)O)S(=O)O)ccc(C(C)=O)c1O. The fraction of sp³-hybridized carbons (Fsp3) is 0.412. The van der Waals surface area contributed by atoms with Crippen LogP contribution in [0.25, 0.3) is 0 Å². The number of hydrogen-bond donors (Lipinski definition) is 3. The molecule has 7 nitrogen and oxygen atoms in total. The van der Waals surface area contributed by atoms with Crippen molar-refractivity contribution in [1.29, 1.82) is 0 Å². The van der Waals surface area contributed by atoms with Crippen molar-refractivity contribution in [3.63, 3.8) is 0 Å². The highest BCUT2D eigenvalue weighted by molar-refractivity contribution is 7.79. The van der Waals surface area contributed by atoms with Gasteiger partial charge in [-0.05, 0) is 38.3 Å². The molecule has 0 radical (unpaired) electrons. The van der Waals surface area contributed by atoms with E-state index in [2.05, 4.69) is 6.58 Å². The summed E-state index contributed by atoms with van der Waals surface area (Å²) in [6, 6.07) is 3.05. The monoisotopic (exact) mass is 370 g/mol. The van der Waals surface area contributed by atoms with E-state index < -0.39 is 22.3 Å². The number of carbonyl (C=O) groups is 2. The van der Waals surface area contributed by atoms with Gasteiger partial charge in [0.2, 0.25) is 0 Å². The summed E-state index contributed by atoms with van der Waals surface area (Å²) in [5, 5.41) is 18.1. The summed E-state index contributed by atoms with van der Waals surface area (Å²) in [5.41, 5.74) is 0.636. The zero-order valence-electron chi connectivity index (χ0n) is 13.9. The van der Waals surface area contributed by atoms with Gasteiger partial charge in [0, 0.05) is 5.56 Å². The van der Waals surface area contributed by atoms with Gasteiger partial charge in [-0.25, -0.2) is 4.21 Å². The molecule has 0 bridgehead atoms. The molecule has 1 aromatic rings. The molecule has 0 spiro atoms. The average Bonchev–Trinajstić information content (AvgIpc) is 2.52. The van der Waals surface area contributed by atoms with E-state index in [0.29, 0.717) is 24.2 Å². The quantitative estimate of drug-likeness (QED) is 0.237. The van der Waals surface area contributed by atoms with E-state index >= 15 is 0 Å². The van der Waals surface area contributed by atoms with Crippen molar-refractivity contribution in [2.24, 2.45) is 0 Å². The summed E-state index contributed by atoms with van der Waals surface area (Å²) in [4.78, 5) is 22.2. The van der Waals surface area contributed by atoms with Gasteiger partial charge in [0.25, 0.3) is 0 Å². The van der Waals surface area contributed by atoms with Crippen LogP contribution >= 0.6 is 0 Å². The Hall–Kier alpha value is -2.19. The first-order valence-electron chi connectivity index (χ1n) is 7.68. The molecule has 25 heavy (non-hydrogen) atoms. The molecule has 1 aromatic carbocycles. The fourth-order valence-corrected chi connectivity index (χ4v) is 2.99. The van der Waals surface area contributed by atoms with Gasteiger partial charge in [-0.15, -0.1) is 6.58 Å². The third kappa shape index (κ3) is 6.32. The van der Waals surface area contributed by atoms with Crippen LogP contribution in [-0.4, -0.2) is 42.6 Å². The van der Waals surface area contributed by atoms with Crippen LogP contribution in [-0.2, 0) is 22.3 Å². The van der Waals surface area contributed by atoms with Crippen molar-refractivity contribution in [2.75, 3.05) is 6.61 Å². The number of phenols is 1. The maximum atomic E-state index is 11.5. The molecule has 0 aliphatic rings. The number of carboxylic acids is 1. The van der Waals surface area contributed by atoms with Gasteiger partial charge in [0.05, 0.1) is 23.8 Å². The first-order chi connectivity index (χ1) is 11.8. The van der Waals surface area contributed by atoms with E-state index in [1.807, 2.05) is 0 Å². The van der Waals surface area contributed by atoms with Gasteiger partial charge in [-0.1, -0.05) is 6.08 Å². The summed E-state index contributed by atoms with van der Waals surface area (Å²) in [7, 11) is 0. The molecule has 0 aliphatic carbocycles. The number of aliphatic carboxylic acids is 1. The van der Waals surface area contributed by atoms with Gasteiger partial charge >= 0.3 is 5.97 Å². The third-order valence-corrected chi connectivity index (χ3v) is 4.56. The maximum absolute atomic E-state index is 11.5. The predicted octanol–water partition coefficient (Wildman–Crippen LogP) is 2.55. The molecule has 0 aromatic heterocycles. The van der Waals surface area contributed by atoms with Crippen LogP contribution in [0.2, 0.25) is 0 Å². The number of rotatable bonds is 11. The van der Waals surface area contributed by atoms with Crippen LogP contribution in [0.5, 0.6) is 11.5 Å². The van der Waals surface area contributed by atoms with Gasteiger partial charge < -0.3 is 19.5 Å². The highest BCUT2D eigenvalue weighted by Gasteiger charge is 2.19. The number of carbonyl (C=O) groups excluding carboxylic acids is 1. The molecular formula is C17H22O7S. The van der Waals surface area contributed by atoms with E-state index in [9.17, 15) is 18.9 Å². The Morgan fingerprint density at radius 1 is 1.40 bits per heavy atom. The lowest BCUT2D eigenvalue weighted by molar-refractivity contribution is -0.137. The van der Waals surface area contributed by atoms with Crippen molar-refractivity contribution in [3.8, 4) is 11.5 Å². The predicted molar refractivity (Wildman–Crippen MR) is 93.6 cm³/mol. The van der Waals surface area contributed by atoms with Crippen LogP contribution in [0.15, 0.2) is 24.8 Å². The van der Waals surface area contributed by atoms with Crippen LogP contribution in [0.3, 0.4) is 0 Å². The van der Waals surface area contributed by atoms with Gasteiger partial charge in [-0.3, -0.25) is 9.59 Å². The standard InChI is InChI=1S/C17H22O7S/c1-3-5-14-15(8-7-13(11(2)18)17(14)21)24-9-4-6-12(25(22)23)10-16(19)20/h3,7-8,12,21H,1,4-6,9-10H2,2H3,(H,19,20)(H,22,23). The van der Waals surface area contributed by atoms with E-state index in [1.165, 1.54) is 13.0 Å². The lowest BCUT2D eigenvalue weighted by Gasteiger charge is -2.15. The highest BCUT2D eigenvalue weighted by Crippen LogP contribution is 2.32. The second-order valence-corrected chi connectivity index (χ2v) is 6.69. The number of ketones is 1. The Labute approximate surface area is 148 Å². The van der Waals surface area contributed by atoms with Crippen molar-refractivity contribution >= 4 is 22.8 Å². The van der Waals surface area contributed by atoms with E-state index in [1.54, 1.807) is 12.1 Å². The van der Waals surface area contributed by atoms with Gasteiger partial charge in [-0.2, -0.15) is 0 Å². The summed E-state index contributed by atoms with van der Waals surface area (Å²) >= 11 is -2.22. The lowest BCUT2D eigenvalue weighted by Crippen LogP contribution is -2.20. The first-order valence-corrected chi connectivity index (χ1v) is 8.85. The number of aromatic hydroxyl groups is 1. The number of carboxylic acid groups (broad SMARTS) is 1. The molecule has 0 saturated carbocycles. The molecule has 0 saturated heterocycles. The largest absolute Gasteiger partial charge is 0.507 e. The van der Waals surface area contributed by atoms with Crippen LogP contribution in [0.1, 0.15) is 42.1 Å². The molecule has 2 unspecified atom stereocenters. The smallest absolute Gasteiger partial charge is 0.304 e. The minimum absolute atomic E-state index is 0.148. The molecular weight excluding hydrogens is 348 g/mol. The molecule has 0 amide bonds. The minimum Gasteiger partial charge on any atom is -0.507 e. The highest BCUT2D eigenvalue weighted by atomic mass is 32.2. The summed E-state index contributed by atoms with van der Waals surface area (Å²) in [5.74, 6) is -1.16. The van der Waals surface area contributed by atoms with E-state index in [0.717, 1.165) is 0 Å². The maximum Gasteiger partial charge on any atom is 0.304 e. The zero-order chi connectivity index (χ0) is 19.0. The fourth-order valence-electron chi connectivity index (χ4n) is 2.34. The topological polar surface area (TPSA) is 121 Å². The molecule has 0 aliphatic heterocycles. The second-order valence-electron chi connectivity index (χ2n) is 5.47. The lowest BCUT2D eigenvalue weighted by atomic mass is 10.0. The Kier molecular flexibility index (Phi) is 8.30. The molecule has 8 heteroatoms. The third-order valence-electron chi connectivity index (χ3n) is 3.58. The number of Topliss-reactive ketones (excluding diaryl/α,β-unsaturated/α-hetero) is 1. The molecule has 3 N–H and O–H groups in total. The Morgan fingerprint density at radius 2 is 2.08 bits per heavy atom. The van der Waals surface area contributed by atoms with Gasteiger partial charge in [0.15, 0.2) is 16.9 Å². The molecule has 2 atom stereocenters. The zero-order valence-corrected chi connectivity index (χ0v) is 14.8. The van der Waals surface area contributed by atoms with Crippen molar-refractivity contribution in [1.82, 2.24) is 0 Å². The van der Waals surface area contributed by atoms with Gasteiger partial charge in [0.1, 0.15) is 11.5 Å². The summed E-state index contributed by atoms with van der Waals surface area (Å²) in [6.07, 6.45) is 2.07. The second kappa shape index (κ2) is 9.95. The van der Waals surface area contributed by atoms with Crippen LogP contribution < -0.4 is 4.74 Å². The van der Waals surface area contributed by atoms with E-state index in [4.69, 9.17) is 14.4 Å². The van der Waals surface area contributed by atoms with Crippen LogP contribution in [0, 0.1) is 0 Å². The number of allylic oxidation sites excluding steroid dienone is 1. The summed E-state index contributed by atoms with van der Waals surface area (Å²) < 4.78 is 25.8.